The lowest BCUT2D eigenvalue weighted by molar-refractivity contribution is -0.149. The average molecular weight is 312 g/mol. The fraction of sp³-hybridized carbons (Fsp3) is 0.750. The van der Waals surface area contributed by atoms with Crippen molar-refractivity contribution in [3.63, 3.8) is 0 Å². The maximum absolute atomic E-state index is 11.8. The molecule has 0 aromatic heterocycles. The SMILES string of the molecule is CC(C)C(OC(=O)/C=C/C(=O)OC(C(C)C)C1CO1)C1CO1. The van der Waals surface area contributed by atoms with Gasteiger partial charge in [0.15, 0.2) is 0 Å². The quantitative estimate of drug-likeness (QED) is 0.384. The van der Waals surface area contributed by atoms with Crippen LogP contribution < -0.4 is 0 Å². The van der Waals surface area contributed by atoms with Gasteiger partial charge in [0.2, 0.25) is 0 Å². The molecule has 0 aromatic carbocycles. The van der Waals surface area contributed by atoms with Crippen LogP contribution in [-0.2, 0) is 28.5 Å². The van der Waals surface area contributed by atoms with Crippen molar-refractivity contribution in [2.75, 3.05) is 13.2 Å². The number of rotatable bonds is 8. The third kappa shape index (κ3) is 5.10. The van der Waals surface area contributed by atoms with Crippen molar-refractivity contribution in [2.45, 2.75) is 52.1 Å². The van der Waals surface area contributed by atoms with Gasteiger partial charge in [-0.1, -0.05) is 27.7 Å². The molecule has 0 radical (unpaired) electrons. The van der Waals surface area contributed by atoms with Gasteiger partial charge < -0.3 is 18.9 Å². The molecule has 2 rings (SSSR count). The molecule has 0 bridgehead atoms. The second kappa shape index (κ2) is 7.24. The first-order chi connectivity index (χ1) is 10.4. The minimum Gasteiger partial charge on any atom is -0.456 e. The lowest BCUT2D eigenvalue weighted by Gasteiger charge is -2.19. The van der Waals surface area contributed by atoms with Crippen LogP contribution in [-0.4, -0.2) is 49.6 Å². The number of carbonyl (C=O) groups is 2. The number of carbonyl (C=O) groups excluding carboxylic acids is 2. The Labute approximate surface area is 130 Å². The molecule has 2 aliphatic rings. The van der Waals surface area contributed by atoms with Crippen LogP contribution in [0.4, 0.5) is 0 Å². The largest absolute Gasteiger partial charge is 0.456 e. The summed E-state index contributed by atoms with van der Waals surface area (Å²) in [6.07, 6.45) is 1.59. The van der Waals surface area contributed by atoms with Gasteiger partial charge in [0.05, 0.1) is 13.2 Å². The summed E-state index contributed by atoms with van der Waals surface area (Å²) < 4.78 is 21.0. The highest BCUT2D eigenvalue weighted by Gasteiger charge is 2.38. The predicted molar refractivity (Wildman–Crippen MR) is 78.1 cm³/mol. The molecule has 0 amide bonds. The molecule has 0 spiro atoms. The van der Waals surface area contributed by atoms with Gasteiger partial charge in [0.1, 0.15) is 24.4 Å². The van der Waals surface area contributed by atoms with E-state index in [2.05, 4.69) is 0 Å². The zero-order valence-corrected chi connectivity index (χ0v) is 13.5. The zero-order valence-electron chi connectivity index (χ0n) is 13.5. The average Bonchev–Trinajstić information content (AvgIpc) is 3.31. The van der Waals surface area contributed by atoms with Crippen LogP contribution in [0.15, 0.2) is 12.2 Å². The molecule has 2 aliphatic heterocycles. The van der Waals surface area contributed by atoms with Gasteiger partial charge in [-0.15, -0.1) is 0 Å². The third-order valence-electron chi connectivity index (χ3n) is 3.63. The maximum Gasteiger partial charge on any atom is 0.331 e. The summed E-state index contributed by atoms with van der Waals surface area (Å²) in [5.74, 6) is -0.798. The van der Waals surface area contributed by atoms with E-state index < -0.39 is 11.9 Å². The number of ether oxygens (including phenoxy) is 4. The van der Waals surface area contributed by atoms with E-state index in [9.17, 15) is 9.59 Å². The van der Waals surface area contributed by atoms with Crippen molar-refractivity contribution in [3.05, 3.63) is 12.2 Å². The Morgan fingerprint density at radius 2 is 1.18 bits per heavy atom. The van der Waals surface area contributed by atoms with Crippen molar-refractivity contribution < 1.29 is 28.5 Å². The van der Waals surface area contributed by atoms with E-state index in [0.717, 1.165) is 12.2 Å². The van der Waals surface area contributed by atoms with E-state index in [-0.39, 0.29) is 36.3 Å². The molecule has 4 atom stereocenters. The molecular formula is C16H24O6. The van der Waals surface area contributed by atoms with E-state index >= 15 is 0 Å². The van der Waals surface area contributed by atoms with Gasteiger partial charge in [-0.05, 0) is 11.8 Å². The zero-order chi connectivity index (χ0) is 16.3. The minimum atomic E-state index is -0.560. The molecule has 0 saturated carbocycles. The Hall–Kier alpha value is -1.40. The van der Waals surface area contributed by atoms with E-state index in [1.807, 2.05) is 27.7 Å². The van der Waals surface area contributed by atoms with Crippen molar-refractivity contribution in [1.82, 2.24) is 0 Å². The normalized spacial score (nSPS) is 26.1. The molecule has 6 heteroatoms. The molecule has 22 heavy (non-hydrogen) atoms. The van der Waals surface area contributed by atoms with Crippen molar-refractivity contribution >= 4 is 11.9 Å². The Morgan fingerprint density at radius 1 is 0.864 bits per heavy atom. The van der Waals surface area contributed by atoms with Crippen LogP contribution in [0.5, 0.6) is 0 Å². The highest BCUT2D eigenvalue weighted by molar-refractivity contribution is 5.91. The monoisotopic (exact) mass is 312 g/mol. The number of epoxide rings is 2. The molecule has 4 unspecified atom stereocenters. The Balaban J connectivity index is 1.79. The Kier molecular flexibility index (Phi) is 5.58. The molecule has 0 aliphatic carbocycles. The van der Waals surface area contributed by atoms with Crippen LogP contribution in [0.25, 0.3) is 0 Å². The van der Waals surface area contributed by atoms with E-state index in [1.54, 1.807) is 0 Å². The number of hydrogen-bond acceptors (Lipinski definition) is 6. The van der Waals surface area contributed by atoms with Crippen molar-refractivity contribution in [1.29, 1.82) is 0 Å². The van der Waals surface area contributed by atoms with Gasteiger partial charge in [-0.3, -0.25) is 0 Å². The number of esters is 2. The van der Waals surface area contributed by atoms with E-state index in [0.29, 0.717) is 13.2 Å². The fourth-order valence-corrected chi connectivity index (χ4v) is 2.26. The first kappa shape index (κ1) is 17.0. The molecule has 0 N–H and O–H groups in total. The van der Waals surface area contributed by atoms with Crippen LogP contribution in [0.3, 0.4) is 0 Å². The topological polar surface area (TPSA) is 77.7 Å². The summed E-state index contributed by atoms with van der Waals surface area (Å²) in [7, 11) is 0. The molecule has 2 heterocycles. The third-order valence-corrected chi connectivity index (χ3v) is 3.63. The van der Waals surface area contributed by atoms with E-state index in [1.165, 1.54) is 0 Å². The first-order valence-corrected chi connectivity index (χ1v) is 7.71. The highest BCUT2D eigenvalue weighted by Crippen LogP contribution is 2.24. The second-order valence-corrected chi connectivity index (χ2v) is 6.37. The summed E-state index contributed by atoms with van der Waals surface area (Å²) in [6, 6.07) is 0. The van der Waals surface area contributed by atoms with Crippen LogP contribution >= 0.6 is 0 Å². The lowest BCUT2D eigenvalue weighted by atomic mass is 10.0. The Morgan fingerprint density at radius 3 is 1.41 bits per heavy atom. The minimum absolute atomic E-state index is 0.0263. The summed E-state index contributed by atoms with van der Waals surface area (Å²) in [5.41, 5.74) is 0. The van der Waals surface area contributed by atoms with Crippen LogP contribution in [0, 0.1) is 11.8 Å². The predicted octanol–water partition coefficient (Wildman–Crippen LogP) is 1.48. The van der Waals surface area contributed by atoms with Gasteiger partial charge >= 0.3 is 11.9 Å². The molecule has 6 nitrogen and oxygen atoms in total. The summed E-state index contributed by atoms with van der Waals surface area (Å²) >= 11 is 0. The molecule has 124 valence electrons. The van der Waals surface area contributed by atoms with Gasteiger partial charge in [-0.25, -0.2) is 9.59 Å². The summed E-state index contributed by atoms with van der Waals surface area (Å²) in [4.78, 5) is 23.5. The van der Waals surface area contributed by atoms with Gasteiger partial charge in [0.25, 0.3) is 0 Å². The molecular weight excluding hydrogens is 288 g/mol. The fourth-order valence-electron chi connectivity index (χ4n) is 2.26. The van der Waals surface area contributed by atoms with Gasteiger partial charge in [0, 0.05) is 12.2 Å². The smallest absolute Gasteiger partial charge is 0.331 e. The maximum atomic E-state index is 11.8. The van der Waals surface area contributed by atoms with E-state index in [4.69, 9.17) is 18.9 Å². The first-order valence-electron chi connectivity index (χ1n) is 7.71. The van der Waals surface area contributed by atoms with Crippen molar-refractivity contribution in [3.8, 4) is 0 Å². The molecule has 0 aromatic rings. The summed E-state index contributed by atoms with van der Waals surface area (Å²) in [6.45, 7) is 9.06. The van der Waals surface area contributed by atoms with Crippen LogP contribution in [0.2, 0.25) is 0 Å². The molecule has 2 fully saturated rings. The summed E-state index contributed by atoms with van der Waals surface area (Å²) in [5, 5.41) is 0. The van der Waals surface area contributed by atoms with Gasteiger partial charge in [-0.2, -0.15) is 0 Å². The second-order valence-electron chi connectivity index (χ2n) is 6.37. The standard InChI is InChI=1S/C16H24O6/c1-9(2)15(11-7-19-11)21-13(17)5-6-14(18)22-16(10(3)4)12-8-20-12/h5-6,9-12,15-16H,7-8H2,1-4H3/b6-5+. The molecule has 2 saturated heterocycles. The highest BCUT2D eigenvalue weighted by atomic mass is 16.6. The Bertz CT molecular complexity index is 390. The number of hydrogen-bond donors (Lipinski definition) is 0. The van der Waals surface area contributed by atoms with Crippen molar-refractivity contribution in [2.24, 2.45) is 11.8 Å². The lowest BCUT2D eigenvalue weighted by Crippen LogP contribution is -2.29. The van der Waals surface area contributed by atoms with Crippen LogP contribution in [0.1, 0.15) is 27.7 Å².